The highest BCUT2D eigenvalue weighted by Crippen LogP contribution is 2.24. The van der Waals surface area contributed by atoms with Crippen LogP contribution >= 0.6 is 12.4 Å². The largest absolute Gasteiger partial charge is 0.354 e. The molecule has 7 nitrogen and oxygen atoms in total. The summed E-state index contributed by atoms with van der Waals surface area (Å²) in [7, 11) is 0. The molecule has 0 aromatic rings. The number of hydrogen-bond donors (Lipinski definition) is 3. The lowest BCUT2D eigenvalue weighted by atomic mass is 9.88. The molecule has 0 radical (unpaired) electrons. The first-order chi connectivity index (χ1) is 13.0. The average molecular weight is 417 g/mol. The minimum absolute atomic E-state index is 0. The predicted octanol–water partition coefficient (Wildman–Crippen LogP) is 1.73. The molecule has 1 saturated heterocycles. The van der Waals surface area contributed by atoms with E-state index in [2.05, 4.69) is 10.6 Å². The number of likely N-dealkylation sites (tertiary alicyclic amines) is 1. The maximum atomic E-state index is 12.8. The molecule has 1 saturated carbocycles. The van der Waals surface area contributed by atoms with Crippen LogP contribution in [0.25, 0.3) is 0 Å². The summed E-state index contributed by atoms with van der Waals surface area (Å²) < 4.78 is 0. The Morgan fingerprint density at radius 2 is 1.75 bits per heavy atom. The minimum atomic E-state index is -0.165. The van der Waals surface area contributed by atoms with Crippen LogP contribution in [0.5, 0.6) is 0 Å². The molecule has 0 aromatic heterocycles. The highest BCUT2D eigenvalue weighted by atomic mass is 35.5. The number of amides is 3. The Morgan fingerprint density at radius 1 is 1.07 bits per heavy atom. The van der Waals surface area contributed by atoms with Gasteiger partial charge in [0.15, 0.2) is 0 Å². The fourth-order valence-electron chi connectivity index (χ4n) is 4.15. The van der Waals surface area contributed by atoms with Gasteiger partial charge in [-0.15, -0.1) is 12.4 Å². The third-order valence-corrected chi connectivity index (χ3v) is 5.70. The zero-order valence-electron chi connectivity index (χ0n) is 17.1. The van der Waals surface area contributed by atoms with Gasteiger partial charge >= 0.3 is 0 Å². The van der Waals surface area contributed by atoms with Crippen molar-refractivity contribution < 1.29 is 14.4 Å². The van der Waals surface area contributed by atoms with Crippen LogP contribution in [0.1, 0.15) is 71.1 Å². The first-order valence-corrected chi connectivity index (χ1v) is 10.6. The molecule has 162 valence electrons. The molecule has 1 aliphatic carbocycles. The SMILES string of the molecule is CC(CC(=O)N1CCCCC1CNC(=O)CCN)NC(=O)C1CCCCC1.Cl. The van der Waals surface area contributed by atoms with E-state index in [1.54, 1.807) is 0 Å². The van der Waals surface area contributed by atoms with Gasteiger partial charge in [-0.2, -0.15) is 0 Å². The maximum absolute atomic E-state index is 12.8. The summed E-state index contributed by atoms with van der Waals surface area (Å²) in [6, 6.07) is -0.129. The standard InChI is InChI=1S/C20H36N4O3.ClH/c1-15(23-20(27)16-7-3-2-4-8-16)13-19(26)24-12-6-5-9-17(24)14-22-18(25)10-11-21;/h15-17H,2-14,21H2,1H3,(H,22,25)(H,23,27);1H. The van der Waals surface area contributed by atoms with Crippen LogP contribution in [0.15, 0.2) is 0 Å². The second kappa shape index (κ2) is 13.0. The Balaban J connectivity index is 0.00000392. The number of nitrogens with one attached hydrogen (secondary N) is 2. The molecule has 8 heteroatoms. The number of halogens is 1. The molecule has 3 amide bonds. The fourth-order valence-corrected chi connectivity index (χ4v) is 4.15. The number of nitrogens with zero attached hydrogens (tertiary/aromatic N) is 1. The molecule has 2 atom stereocenters. The molecule has 1 heterocycles. The Morgan fingerprint density at radius 3 is 2.43 bits per heavy atom. The molecule has 2 aliphatic rings. The molecule has 2 unspecified atom stereocenters. The van der Waals surface area contributed by atoms with Gasteiger partial charge in [0.25, 0.3) is 0 Å². The topological polar surface area (TPSA) is 105 Å². The van der Waals surface area contributed by atoms with E-state index in [0.29, 0.717) is 25.9 Å². The normalized spacial score (nSPS) is 21.4. The Kier molecular flexibility index (Phi) is 11.5. The van der Waals surface area contributed by atoms with Crippen LogP contribution in [-0.4, -0.2) is 54.3 Å². The number of carbonyl (C=O) groups excluding carboxylic acids is 3. The number of carbonyl (C=O) groups is 3. The van der Waals surface area contributed by atoms with E-state index in [0.717, 1.165) is 51.5 Å². The number of hydrogen-bond acceptors (Lipinski definition) is 4. The van der Waals surface area contributed by atoms with Crippen molar-refractivity contribution in [1.82, 2.24) is 15.5 Å². The fraction of sp³-hybridized carbons (Fsp3) is 0.850. The second-order valence-corrected chi connectivity index (χ2v) is 8.03. The van der Waals surface area contributed by atoms with Crippen molar-refractivity contribution in [3.05, 3.63) is 0 Å². The van der Waals surface area contributed by atoms with Crippen LogP contribution < -0.4 is 16.4 Å². The first kappa shape index (κ1) is 24.7. The van der Waals surface area contributed by atoms with Crippen molar-refractivity contribution in [2.75, 3.05) is 19.6 Å². The van der Waals surface area contributed by atoms with E-state index in [-0.39, 0.29) is 48.1 Å². The molecule has 4 N–H and O–H groups in total. The lowest BCUT2D eigenvalue weighted by Crippen LogP contribution is -2.51. The summed E-state index contributed by atoms with van der Waals surface area (Å²) in [4.78, 5) is 38.7. The van der Waals surface area contributed by atoms with E-state index < -0.39 is 0 Å². The van der Waals surface area contributed by atoms with Crippen molar-refractivity contribution in [2.24, 2.45) is 11.7 Å². The van der Waals surface area contributed by atoms with Gasteiger partial charge in [0.1, 0.15) is 0 Å². The van der Waals surface area contributed by atoms with E-state index in [1.165, 1.54) is 6.42 Å². The predicted molar refractivity (Wildman–Crippen MR) is 112 cm³/mol. The van der Waals surface area contributed by atoms with Crippen molar-refractivity contribution in [2.45, 2.75) is 83.2 Å². The van der Waals surface area contributed by atoms with Crippen LogP contribution in [0.4, 0.5) is 0 Å². The lowest BCUT2D eigenvalue weighted by Gasteiger charge is -2.36. The zero-order chi connectivity index (χ0) is 19.6. The van der Waals surface area contributed by atoms with Crippen LogP contribution in [0.2, 0.25) is 0 Å². The van der Waals surface area contributed by atoms with Crippen LogP contribution in [0.3, 0.4) is 0 Å². The van der Waals surface area contributed by atoms with Crippen molar-refractivity contribution in [3.8, 4) is 0 Å². The highest BCUT2D eigenvalue weighted by molar-refractivity contribution is 5.85. The van der Waals surface area contributed by atoms with E-state index >= 15 is 0 Å². The van der Waals surface area contributed by atoms with E-state index in [4.69, 9.17) is 5.73 Å². The smallest absolute Gasteiger partial charge is 0.224 e. The molecular weight excluding hydrogens is 380 g/mol. The second-order valence-electron chi connectivity index (χ2n) is 8.03. The molecule has 2 rings (SSSR count). The maximum Gasteiger partial charge on any atom is 0.224 e. The molecular formula is C20H37ClN4O3. The van der Waals surface area contributed by atoms with E-state index in [9.17, 15) is 14.4 Å². The van der Waals surface area contributed by atoms with Gasteiger partial charge in [0, 0.05) is 50.5 Å². The summed E-state index contributed by atoms with van der Waals surface area (Å²) in [5.41, 5.74) is 5.40. The van der Waals surface area contributed by atoms with Gasteiger partial charge in [-0.3, -0.25) is 14.4 Å². The van der Waals surface area contributed by atoms with E-state index in [1.807, 2.05) is 11.8 Å². The van der Waals surface area contributed by atoms with Crippen molar-refractivity contribution >= 4 is 30.1 Å². The van der Waals surface area contributed by atoms with Gasteiger partial charge in [-0.05, 0) is 39.0 Å². The third-order valence-electron chi connectivity index (χ3n) is 5.70. The van der Waals surface area contributed by atoms with Crippen LogP contribution in [-0.2, 0) is 14.4 Å². The van der Waals surface area contributed by atoms with Gasteiger partial charge in [-0.1, -0.05) is 19.3 Å². The first-order valence-electron chi connectivity index (χ1n) is 10.6. The molecule has 2 fully saturated rings. The van der Waals surface area contributed by atoms with Gasteiger partial charge in [-0.25, -0.2) is 0 Å². The van der Waals surface area contributed by atoms with Crippen molar-refractivity contribution in [3.63, 3.8) is 0 Å². The van der Waals surface area contributed by atoms with Gasteiger partial charge in [0.05, 0.1) is 0 Å². The average Bonchev–Trinajstić information content (AvgIpc) is 2.67. The van der Waals surface area contributed by atoms with Crippen LogP contribution in [0, 0.1) is 5.92 Å². The monoisotopic (exact) mass is 416 g/mol. The van der Waals surface area contributed by atoms with Gasteiger partial charge in [0.2, 0.25) is 17.7 Å². The number of piperidine rings is 1. The lowest BCUT2D eigenvalue weighted by molar-refractivity contribution is -0.136. The number of nitrogens with two attached hydrogens (primary N) is 1. The Hall–Kier alpha value is -1.34. The molecule has 0 spiro atoms. The third kappa shape index (κ3) is 7.95. The minimum Gasteiger partial charge on any atom is -0.354 e. The summed E-state index contributed by atoms with van der Waals surface area (Å²) in [5.74, 6) is 0.198. The number of rotatable bonds is 8. The summed E-state index contributed by atoms with van der Waals surface area (Å²) in [6.07, 6.45) is 8.96. The van der Waals surface area contributed by atoms with Gasteiger partial charge < -0.3 is 21.3 Å². The quantitative estimate of drug-likeness (QED) is 0.560. The Labute approximate surface area is 174 Å². The highest BCUT2D eigenvalue weighted by Gasteiger charge is 2.29. The summed E-state index contributed by atoms with van der Waals surface area (Å²) in [5, 5.41) is 5.92. The summed E-state index contributed by atoms with van der Waals surface area (Å²) in [6.45, 7) is 3.44. The molecule has 1 aliphatic heterocycles. The van der Waals surface area contributed by atoms with Crippen molar-refractivity contribution in [1.29, 1.82) is 0 Å². The molecule has 28 heavy (non-hydrogen) atoms. The zero-order valence-corrected chi connectivity index (χ0v) is 17.9. The molecule has 0 bridgehead atoms. The Bertz CT molecular complexity index is 512. The molecule has 0 aromatic carbocycles. The summed E-state index contributed by atoms with van der Waals surface area (Å²) >= 11 is 0.